The van der Waals surface area contributed by atoms with Gasteiger partial charge >= 0.3 is 0 Å². The Kier molecular flexibility index (Phi) is 6.14. The summed E-state index contributed by atoms with van der Waals surface area (Å²) >= 11 is 0. The minimum Gasteiger partial charge on any atom is -0.379 e. The highest BCUT2D eigenvalue weighted by atomic mass is 16.1. The topological polar surface area (TPSA) is 84.5 Å². The van der Waals surface area contributed by atoms with Gasteiger partial charge in [0.05, 0.1) is 23.0 Å². The van der Waals surface area contributed by atoms with Gasteiger partial charge in [0.1, 0.15) is 0 Å². The van der Waals surface area contributed by atoms with Gasteiger partial charge in [-0.2, -0.15) is 5.10 Å². The van der Waals surface area contributed by atoms with Crippen molar-refractivity contribution < 1.29 is 4.79 Å². The van der Waals surface area contributed by atoms with E-state index < -0.39 is 5.91 Å². The Morgan fingerprint density at radius 1 is 1.17 bits per heavy atom. The molecule has 2 aromatic heterocycles. The molecule has 3 aromatic rings. The highest BCUT2D eigenvalue weighted by Gasteiger charge is 2.42. The number of aromatic nitrogens is 2. The van der Waals surface area contributed by atoms with Crippen LogP contribution in [0.3, 0.4) is 0 Å². The van der Waals surface area contributed by atoms with Gasteiger partial charge in [0.25, 0.3) is 5.91 Å². The fourth-order valence-electron chi connectivity index (χ4n) is 4.45. The lowest BCUT2D eigenvalue weighted by atomic mass is 9.83. The first-order valence-electron chi connectivity index (χ1n) is 10.1. The van der Waals surface area contributed by atoms with E-state index in [1.807, 2.05) is 36.0 Å². The van der Waals surface area contributed by atoms with Gasteiger partial charge in [-0.3, -0.25) is 4.79 Å². The van der Waals surface area contributed by atoms with E-state index >= 15 is 0 Å². The predicted octanol–water partition coefficient (Wildman–Crippen LogP) is 3.54. The van der Waals surface area contributed by atoms with Crippen LogP contribution in [0, 0.1) is 18.3 Å². The number of fused-ring (bicyclic) bond motifs is 1. The number of nitrogens with zero attached hydrogens (tertiary/aromatic N) is 2. The van der Waals surface area contributed by atoms with Crippen LogP contribution in [0.25, 0.3) is 16.6 Å². The minimum atomic E-state index is -0.471. The van der Waals surface area contributed by atoms with Crippen LogP contribution in [-0.2, 0) is 0 Å². The highest BCUT2D eigenvalue weighted by molar-refractivity contribution is 6.02. The van der Waals surface area contributed by atoms with Crippen LogP contribution >= 0.6 is 0 Å². The first-order valence-corrected chi connectivity index (χ1v) is 10.1. The number of anilines is 1. The summed E-state index contributed by atoms with van der Waals surface area (Å²) in [7, 11) is 2.01. The zero-order valence-corrected chi connectivity index (χ0v) is 17.7. The number of benzene rings is 1. The molecule has 0 saturated heterocycles. The molecule has 30 heavy (non-hydrogen) atoms. The summed E-state index contributed by atoms with van der Waals surface area (Å²) < 4.78 is 1.81. The number of terminal acetylenes is 1. The standard InChI is InChI=1S/C22H27N5O.C2H2/c1-22(2)18(24-3)9-10-19(22)26-20-16(21(23)28)12-25-27-13-15(11-17(20)27)14-7-5-4-6-8-14;1-2/h4-8,11-13,18-19,24,26H,9-10H2,1-3H3,(H2,23,28);1-2H/t18-,19+;/m0./s1. The molecular weight excluding hydrogens is 374 g/mol. The number of amides is 1. The van der Waals surface area contributed by atoms with Crippen molar-refractivity contribution >= 4 is 17.1 Å². The van der Waals surface area contributed by atoms with Crippen molar-refractivity contribution in [3.63, 3.8) is 0 Å². The Morgan fingerprint density at radius 3 is 2.43 bits per heavy atom. The maximum atomic E-state index is 12.1. The fourth-order valence-corrected chi connectivity index (χ4v) is 4.45. The monoisotopic (exact) mass is 403 g/mol. The maximum absolute atomic E-state index is 12.1. The Hall–Kier alpha value is -3.30. The quantitative estimate of drug-likeness (QED) is 0.569. The molecule has 2 atom stereocenters. The van der Waals surface area contributed by atoms with Gasteiger partial charge in [0.2, 0.25) is 0 Å². The summed E-state index contributed by atoms with van der Waals surface area (Å²) in [6.07, 6.45) is 13.7. The Labute approximate surface area is 177 Å². The molecule has 4 rings (SSSR count). The number of carbonyl (C=O) groups excluding carboxylic acids is 1. The smallest absolute Gasteiger partial charge is 0.252 e. The van der Waals surface area contributed by atoms with E-state index in [1.165, 1.54) is 0 Å². The van der Waals surface area contributed by atoms with Crippen LogP contribution < -0.4 is 16.4 Å². The second-order valence-corrected chi connectivity index (χ2v) is 8.16. The lowest BCUT2D eigenvalue weighted by Crippen LogP contribution is -2.43. The second kappa shape index (κ2) is 8.60. The maximum Gasteiger partial charge on any atom is 0.252 e. The molecule has 0 aliphatic heterocycles. The molecule has 6 nitrogen and oxygen atoms in total. The van der Waals surface area contributed by atoms with Crippen LogP contribution in [0.1, 0.15) is 37.0 Å². The van der Waals surface area contributed by atoms with E-state index in [1.54, 1.807) is 6.20 Å². The number of carbonyl (C=O) groups is 1. The molecule has 0 unspecified atom stereocenters. The van der Waals surface area contributed by atoms with Crippen LogP contribution in [-0.4, -0.2) is 34.7 Å². The number of nitrogens with two attached hydrogens (primary N) is 1. The summed E-state index contributed by atoms with van der Waals surface area (Å²) in [4.78, 5) is 12.1. The van der Waals surface area contributed by atoms with Crippen molar-refractivity contribution in [3.05, 3.63) is 54.4 Å². The summed E-state index contributed by atoms with van der Waals surface area (Å²) in [6.45, 7) is 4.52. The van der Waals surface area contributed by atoms with E-state index in [0.717, 1.165) is 35.2 Å². The van der Waals surface area contributed by atoms with Gasteiger partial charge in [-0.1, -0.05) is 44.2 Å². The number of primary amides is 1. The van der Waals surface area contributed by atoms with E-state index in [-0.39, 0.29) is 11.5 Å². The molecule has 0 spiro atoms. The molecule has 0 radical (unpaired) electrons. The fraction of sp³-hybridized carbons (Fsp3) is 0.333. The zero-order chi connectivity index (χ0) is 21.9. The Bertz CT molecular complexity index is 1050. The van der Waals surface area contributed by atoms with E-state index in [0.29, 0.717) is 11.6 Å². The Balaban J connectivity index is 0.00000124. The summed E-state index contributed by atoms with van der Waals surface area (Å²) in [5.41, 5.74) is 9.93. The van der Waals surface area contributed by atoms with Crippen molar-refractivity contribution in [1.82, 2.24) is 14.9 Å². The molecule has 1 aromatic carbocycles. The van der Waals surface area contributed by atoms with Gasteiger partial charge in [0.15, 0.2) is 0 Å². The van der Waals surface area contributed by atoms with Crippen LogP contribution in [0.5, 0.6) is 0 Å². The van der Waals surface area contributed by atoms with E-state index in [4.69, 9.17) is 5.73 Å². The third-order valence-electron chi connectivity index (χ3n) is 6.22. The third-order valence-corrected chi connectivity index (χ3v) is 6.22. The molecular formula is C24H29N5O. The van der Waals surface area contributed by atoms with E-state index in [2.05, 4.69) is 60.6 Å². The molecule has 1 fully saturated rings. The van der Waals surface area contributed by atoms with Crippen molar-refractivity contribution in [1.29, 1.82) is 0 Å². The van der Waals surface area contributed by atoms with Gasteiger partial charge in [-0.05, 0) is 31.5 Å². The van der Waals surface area contributed by atoms with Gasteiger partial charge < -0.3 is 16.4 Å². The SMILES string of the molecule is C#C.CN[C@H]1CC[C@@H](Nc2c(C(N)=O)cnn3cc(-c4ccccc4)cc23)C1(C)C. The second-order valence-electron chi connectivity index (χ2n) is 8.16. The lowest BCUT2D eigenvalue weighted by Gasteiger charge is -2.34. The average Bonchev–Trinajstić information content (AvgIpc) is 3.31. The molecule has 0 bridgehead atoms. The Morgan fingerprint density at radius 2 is 1.83 bits per heavy atom. The molecule has 1 saturated carbocycles. The van der Waals surface area contributed by atoms with Crippen LogP contribution in [0.4, 0.5) is 5.69 Å². The lowest BCUT2D eigenvalue weighted by molar-refractivity contribution is 0.100. The summed E-state index contributed by atoms with van der Waals surface area (Å²) in [5, 5.41) is 11.5. The van der Waals surface area contributed by atoms with Gasteiger partial charge in [0, 0.05) is 29.3 Å². The number of nitrogens with one attached hydrogen (secondary N) is 2. The highest BCUT2D eigenvalue weighted by Crippen LogP contribution is 2.40. The molecule has 2 heterocycles. The van der Waals surface area contributed by atoms with Crippen LogP contribution in [0.2, 0.25) is 0 Å². The molecule has 4 N–H and O–H groups in total. The van der Waals surface area contributed by atoms with Gasteiger partial charge in [-0.25, -0.2) is 4.52 Å². The molecule has 156 valence electrons. The predicted molar refractivity (Wildman–Crippen MR) is 122 cm³/mol. The van der Waals surface area contributed by atoms with Crippen LogP contribution in [0.15, 0.2) is 48.8 Å². The van der Waals surface area contributed by atoms with Crippen molar-refractivity contribution in [2.45, 2.75) is 38.8 Å². The van der Waals surface area contributed by atoms with E-state index in [9.17, 15) is 4.79 Å². The van der Waals surface area contributed by atoms with Gasteiger partial charge in [-0.15, -0.1) is 12.8 Å². The first kappa shape index (κ1) is 21.4. The normalized spacial score (nSPS) is 19.8. The number of hydrogen-bond acceptors (Lipinski definition) is 4. The third kappa shape index (κ3) is 3.77. The van der Waals surface area contributed by atoms with Crippen molar-refractivity contribution in [2.24, 2.45) is 11.1 Å². The van der Waals surface area contributed by atoms with Crippen molar-refractivity contribution in [3.8, 4) is 24.0 Å². The number of rotatable bonds is 5. The summed E-state index contributed by atoms with van der Waals surface area (Å²) in [6, 6.07) is 12.9. The molecule has 1 aliphatic carbocycles. The molecule has 6 heteroatoms. The minimum absolute atomic E-state index is 0.0405. The van der Waals surface area contributed by atoms with Crippen molar-refractivity contribution in [2.75, 3.05) is 12.4 Å². The average molecular weight is 404 g/mol. The first-order chi connectivity index (χ1) is 14.4. The largest absolute Gasteiger partial charge is 0.379 e. The summed E-state index contributed by atoms with van der Waals surface area (Å²) in [5.74, 6) is -0.471. The number of hydrogen-bond donors (Lipinski definition) is 3. The molecule has 1 aliphatic rings. The zero-order valence-electron chi connectivity index (χ0n) is 17.7. The molecule has 1 amide bonds.